The van der Waals surface area contributed by atoms with Gasteiger partial charge in [-0.05, 0) is 57.7 Å². The summed E-state index contributed by atoms with van der Waals surface area (Å²) in [7, 11) is 2.01. The Morgan fingerprint density at radius 1 is 1.29 bits per heavy atom. The number of thioether (sulfide) groups is 1. The minimum Gasteiger partial charge on any atom is -0.326 e. The summed E-state index contributed by atoms with van der Waals surface area (Å²) in [6.07, 6.45) is 4.18. The van der Waals surface area contributed by atoms with E-state index in [1.165, 1.54) is 10.5 Å². The van der Waals surface area contributed by atoms with Gasteiger partial charge in [0.1, 0.15) is 0 Å². The third-order valence-electron chi connectivity index (χ3n) is 2.94. The van der Waals surface area contributed by atoms with Crippen LogP contribution in [0.15, 0.2) is 29.2 Å². The van der Waals surface area contributed by atoms with E-state index in [0.29, 0.717) is 6.04 Å². The summed E-state index contributed by atoms with van der Waals surface area (Å²) < 4.78 is 0. The van der Waals surface area contributed by atoms with E-state index in [-0.39, 0.29) is 5.54 Å². The van der Waals surface area contributed by atoms with Crippen LogP contribution in [0.25, 0.3) is 0 Å². The third kappa shape index (κ3) is 5.11. The van der Waals surface area contributed by atoms with Crippen LogP contribution in [0.2, 0.25) is 0 Å². The summed E-state index contributed by atoms with van der Waals surface area (Å²) in [5.74, 6) is 0. The molecule has 3 N–H and O–H groups in total. The zero-order valence-corrected chi connectivity index (χ0v) is 12.1. The van der Waals surface area contributed by atoms with Crippen molar-refractivity contribution in [1.82, 2.24) is 5.32 Å². The Labute approximate surface area is 109 Å². The molecule has 0 bridgehead atoms. The molecule has 0 saturated heterocycles. The fourth-order valence-corrected chi connectivity index (χ4v) is 2.24. The largest absolute Gasteiger partial charge is 0.326 e. The molecular weight excluding hydrogens is 228 g/mol. The van der Waals surface area contributed by atoms with Gasteiger partial charge < -0.3 is 11.1 Å². The molecule has 17 heavy (non-hydrogen) atoms. The average molecular weight is 252 g/mol. The fraction of sp³-hybridized carbons (Fsp3) is 0.571. The summed E-state index contributed by atoms with van der Waals surface area (Å²) in [5.41, 5.74) is 7.28. The van der Waals surface area contributed by atoms with Crippen LogP contribution in [0, 0.1) is 0 Å². The minimum atomic E-state index is -0.0890. The van der Waals surface area contributed by atoms with Crippen molar-refractivity contribution in [2.45, 2.75) is 43.2 Å². The lowest BCUT2D eigenvalue weighted by molar-refractivity contribution is 0.411. The fourth-order valence-electron chi connectivity index (χ4n) is 1.83. The van der Waals surface area contributed by atoms with Gasteiger partial charge in [0.15, 0.2) is 0 Å². The normalized spacial score (nSPS) is 13.7. The van der Waals surface area contributed by atoms with Crippen LogP contribution >= 0.6 is 11.8 Å². The van der Waals surface area contributed by atoms with Gasteiger partial charge in [-0.25, -0.2) is 0 Å². The van der Waals surface area contributed by atoms with Crippen LogP contribution in [0.1, 0.15) is 38.3 Å². The summed E-state index contributed by atoms with van der Waals surface area (Å²) in [4.78, 5) is 1.31. The molecule has 0 radical (unpaired) electrons. The molecular formula is C14H24N2S. The van der Waals surface area contributed by atoms with Crippen molar-refractivity contribution in [2.24, 2.45) is 5.73 Å². The lowest BCUT2D eigenvalue weighted by Crippen LogP contribution is -2.33. The average Bonchev–Trinajstić information content (AvgIpc) is 2.29. The Bertz CT molecular complexity index is 327. The first kappa shape index (κ1) is 14.6. The van der Waals surface area contributed by atoms with E-state index >= 15 is 0 Å². The third-order valence-corrected chi connectivity index (χ3v) is 3.69. The van der Waals surface area contributed by atoms with Crippen LogP contribution in [0.3, 0.4) is 0 Å². The van der Waals surface area contributed by atoms with Crippen LogP contribution in [-0.2, 0) is 0 Å². The van der Waals surface area contributed by atoms with Gasteiger partial charge in [0.05, 0.1) is 0 Å². The molecule has 0 amide bonds. The summed E-state index contributed by atoms with van der Waals surface area (Å²) in [5, 5.41) is 3.37. The smallest absolute Gasteiger partial charge is 0.0318 e. The second-order valence-electron chi connectivity index (χ2n) is 5.14. The predicted molar refractivity (Wildman–Crippen MR) is 77.5 cm³/mol. The second kappa shape index (κ2) is 6.43. The van der Waals surface area contributed by atoms with Crippen LogP contribution in [0.4, 0.5) is 0 Å². The molecule has 0 spiro atoms. The number of hydrogen-bond donors (Lipinski definition) is 2. The standard InChI is InChI=1S/C14H24N2S/c1-14(2,15)10-9-13(16-3)11-5-7-12(17-4)8-6-11/h5-8,13,16H,9-10,15H2,1-4H3. The lowest BCUT2D eigenvalue weighted by atomic mass is 9.93. The number of rotatable bonds is 6. The monoisotopic (exact) mass is 252 g/mol. The number of benzene rings is 1. The minimum absolute atomic E-state index is 0.0890. The Morgan fingerprint density at radius 3 is 2.29 bits per heavy atom. The van der Waals surface area contributed by atoms with Crippen molar-refractivity contribution < 1.29 is 0 Å². The first-order valence-electron chi connectivity index (χ1n) is 6.06. The van der Waals surface area contributed by atoms with Crippen molar-refractivity contribution in [2.75, 3.05) is 13.3 Å². The molecule has 0 saturated carbocycles. The number of nitrogens with one attached hydrogen (secondary N) is 1. The van der Waals surface area contributed by atoms with Crippen LogP contribution in [0.5, 0.6) is 0 Å². The molecule has 0 aromatic heterocycles. The van der Waals surface area contributed by atoms with E-state index in [4.69, 9.17) is 5.73 Å². The molecule has 0 aliphatic heterocycles. The summed E-state index contributed by atoms with van der Waals surface area (Å²) in [6, 6.07) is 9.16. The van der Waals surface area contributed by atoms with Crippen molar-refractivity contribution in [3.63, 3.8) is 0 Å². The zero-order valence-electron chi connectivity index (χ0n) is 11.3. The molecule has 1 atom stereocenters. The molecule has 0 aliphatic rings. The molecule has 1 unspecified atom stereocenters. The lowest BCUT2D eigenvalue weighted by Gasteiger charge is -2.23. The maximum absolute atomic E-state index is 6.03. The van der Waals surface area contributed by atoms with E-state index in [2.05, 4.69) is 49.7 Å². The molecule has 96 valence electrons. The predicted octanol–water partition coefficient (Wildman–Crippen LogP) is 3.19. The molecule has 2 nitrogen and oxygen atoms in total. The highest BCUT2D eigenvalue weighted by atomic mass is 32.2. The van der Waals surface area contributed by atoms with Gasteiger partial charge in [0, 0.05) is 16.5 Å². The first-order chi connectivity index (χ1) is 7.96. The Balaban J connectivity index is 2.66. The van der Waals surface area contributed by atoms with E-state index in [1.807, 2.05) is 7.05 Å². The van der Waals surface area contributed by atoms with Crippen LogP contribution in [-0.4, -0.2) is 18.8 Å². The van der Waals surface area contributed by atoms with Gasteiger partial charge >= 0.3 is 0 Å². The van der Waals surface area contributed by atoms with Gasteiger partial charge in [0.2, 0.25) is 0 Å². The van der Waals surface area contributed by atoms with Crippen molar-refractivity contribution in [3.8, 4) is 0 Å². The molecule has 0 fully saturated rings. The molecule has 3 heteroatoms. The maximum atomic E-state index is 6.03. The molecule has 1 aromatic rings. The molecule has 1 rings (SSSR count). The van der Waals surface area contributed by atoms with E-state index in [0.717, 1.165) is 12.8 Å². The molecule has 0 heterocycles. The SMILES string of the molecule is CNC(CCC(C)(C)N)c1ccc(SC)cc1. The summed E-state index contributed by atoms with van der Waals surface area (Å²) in [6.45, 7) is 4.16. The van der Waals surface area contributed by atoms with Crippen molar-refractivity contribution >= 4 is 11.8 Å². The second-order valence-corrected chi connectivity index (χ2v) is 6.02. The zero-order chi connectivity index (χ0) is 12.9. The van der Waals surface area contributed by atoms with Gasteiger partial charge in [0.25, 0.3) is 0 Å². The highest BCUT2D eigenvalue weighted by Crippen LogP contribution is 2.23. The van der Waals surface area contributed by atoms with Gasteiger partial charge in [-0.1, -0.05) is 12.1 Å². The van der Waals surface area contributed by atoms with E-state index in [9.17, 15) is 0 Å². The van der Waals surface area contributed by atoms with E-state index < -0.39 is 0 Å². The van der Waals surface area contributed by atoms with Crippen LogP contribution < -0.4 is 11.1 Å². The van der Waals surface area contributed by atoms with Crippen molar-refractivity contribution in [1.29, 1.82) is 0 Å². The van der Waals surface area contributed by atoms with Gasteiger partial charge in [-0.3, -0.25) is 0 Å². The van der Waals surface area contributed by atoms with Crippen molar-refractivity contribution in [3.05, 3.63) is 29.8 Å². The Kier molecular flexibility index (Phi) is 5.50. The van der Waals surface area contributed by atoms with Gasteiger partial charge in [-0.2, -0.15) is 0 Å². The topological polar surface area (TPSA) is 38.0 Å². The number of hydrogen-bond acceptors (Lipinski definition) is 3. The Hall–Kier alpha value is -0.510. The molecule has 0 aliphatic carbocycles. The highest BCUT2D eigenvalue weighted by Gasteiger charge is 2.15. The van der Waals surface area contributed by atoms with Gasteiger partial charge in [-0.15, -0.1) is 11.8 Å². The maximum Gasteiger partial charge on any atom is 0.0318 e. The molecule has 1 aromatic carbocycles. The first-order valence-corrected chi connectivity index (χ1v) is 7.29. The van der Waals surface area contributed by atoms with E-state index in [1.54, 1.807) is 11.8 Å². The highest BCUT2D eigenvalue weighted by molar-refractivity contribution is 7.98. The number of nitrogens with two attached hydrogens (primary N) is 1. The summed E-state index contributed by atoms with van der Waals surface area (Å²) >= 11 is 1.77. The quantitative estimate of drug-likeness (QED) is 0.764. The Morgan fingerprint density at radius 2 is 1.88 bits per heavy atom.